The summed E-state index contributed by atoms with van der Waals surface area (Å²) < 4.78 is 5.66. The first kappa shape index (κ1) is 16.8. The highest BCUT2D eigenvalue weighted by molar-refractivity contribution is 5.76. The third-order valence-electron chi connectivity index (χ3n) is 4.13. The number of aryl methyl sites for hydroxylation is 1. The zero-order valence-corrected chi connectivity index (χ0v) is 13.4. The molecule has 1 saturated carbocycles. The summed E-state index contributed by atoms with van der Waals surface area (Å²) in [4.78, 5) is 11.9. The molecule has 0 aliphatic heterocycles. The quantitative estimate of drug-likeness (QED) is 0.761. The number of hydrogen-bond donors (Lipinski definition) is 2. The molecule has 1 amide bonds. The number of rotatable bonds is 7. The van der Waals surface area contributed by atoms with E-state index in [-0.39, 0.29) is 18.1 Å². The number of benzene rings is 1. The van der Waals surface area contributed by atoms with Crippen LogP contribution in [0.15, 0.2) is 24.3 Å². The summed E-state index contributed by atoms with van der Waals surface area (Å²) >= 11 is 0. The minimum atomic E-state index is -0.373. The maximum atomic E-state index is 11.9. The predicted octanol–water partition coefficient (Wildman–Crippen LogP) is 2.96. The fourth-order valence-corrected chi connectivity index (χ4v) is 2.84. The first-order chi connectivity index (χ1) is 10.6. The lowest BCUT2D eigenvalue weighted by Gasteiger charge is -2.28. The van der Waals surface area contributed by atoms with Crippen molar-refractivity contribution < 1.29 is 14.6 Å². The molecule has 22 heavy (non-hydrogen) atoms. The van der Waals surface area contributed by atoms with Crippen LogP contribution in [0.1, 0.15) is 50.5 Å². The summed E-state index contributed by atoms with van der Waals surface area (Å²) in [6, 6.07) is 7.93. The maximum absolute atomic E-state index is 11.9. The molecule has 122 valence electrons. The molecule has 1 aliphatic rings. The van der Waals surface area contributed by atoms with Crippen LogP contribution in [0.25, 0.3) is 0 Å². The van der Waals surface area contributed by atoms with Crippen LogP contribution in [-0.4, -0.2) is 29.8 Å². The lowest BCUT2D eigenvalue weighted by molar-refractivity contribution is -0.123. The Morgan fingerprint density at radius 3 is 2.91 bits per heavy atom. The van der Waals surface area contributed by atoms with Crippen molar-refractivity contribution in [3.05, 3.63) is 29.8 Å². The molecular formula is C18H27NO3. The van der Waals surface area contributed by atoms with Gasteiger partial charge in [0.25, 0.3) is 0 Å². The van der Waals surface area contributed by atoms with Gasteiger partial charge in [-0.25, -0.2) is 0 Å². The van der Waals surface area contributed by atoms with Crippen LogP contribution in [0.2, 0.25) is 0 Å². The average Bonchev–Trinajstić information content (AvgIpc) is 2.49. The molecule has 4 nitrogen and oxygen atoms in total. The van der Waals surface area contributed by atoms with Crippen molar-refractivity contribution in [3.63, 3.8) is 0 Å². The molecule has 0 saturated heterocycles. The van der Waals surface area contributed by atoms with Crippen LogP contribution in [0, 0.1) is 6.92 Å². The zero-order chi connectivity index (χ0) is 15.8. The van der Waals surface area contributed by atoms with E-state index in [1.165, 1.54) is 5.56 Å². The first-order valence-electron chi connectivity index (χ1n) is 8.32. The molecule has 1 aromatic rings. The Morgan fingerprint density at radius 1 is 1.32 bits per heavy atom. The van der Waals surface area contributed by atoms with Crippen molar-refractivity contribution >= 4 is 5.91 Å². The minimum Gasteiger partial charge on any atom is -0.494 e. The number of carbonyl (C=O) groups excluding carboxylic acids is 1. The number of nitrogens with one attached hydrogen (secondary N) is 1. The van der Waals surface area contributed by atoms with Gasteiger partial charge in [0.2, 0.25) is 5.91 Å². The highest BCUT2D eigenvalue weighted by atomic mass is 16.5. The van der Waals surface area contributed by atoms with Crippen molar-refractivity contribution in [1.82, 2.24) is 5.32 Å². The Labute approximate surface area is 132 Å². The number of carbonyl (C=O) groups is 1. The Bertz CT molecular complexity index is 475. The van der Waals surface area contributed by atoms with Gasteiger partial charge in [0, 0.05) is 6.42 Å². The van der Waals surface area contributed by atoms with E-state index in [1.807, 2.05) is 31.2 Å². The zero-order valence-electron chi connectivity index (χ0n) is 13.4. The molecule has 1 aromatic carbocycles. The number of hydrogen-bond acceptors (Lipinski definition) is 3. The van der Waals surface area contributed by atoms with E-state index in [9.17, 15) is 9.90 Å². The van der Waals surface area contributed by atoms with Crippen molar-refractivity contribution in [3.8, 4) is 5.75 Å². The van der Waals surface area contributed by atoms with Gasteiger partial charge >= 0.3 is 0 Å². The molecule has 0 spiro atoms. The van der Waals surface area contributed by atoms with Gasteiger partial charge in [0.1, 0.15) is 5.75 Å². The maximum Gasteiger partial charge on any atom is 0.220 e. The molecule has 0 radical (unpaired) electrons. The van der Waals surface area contributed by atoms with Gasteiger partial charge in [-0.1, -0.05) is 25.0 Å². The molecule has 0 aromatic heterocycles. The third-order valence-corrected chi connectivity index (χ3v) is 4.13. The molecule has 0 bridgehead atoms. The first-order valence-corrected chi connectivity index (χ1v) is 8.32. The molecule has 2 rings (SSSR count). The molecule has 2 unspecified atom stereocenters. The summed E-state index contributed by atoms with van der Waals surface area (Å²) in [5, 5.41) is 12.8. The fraction of sp³-hybridized carbons (Fsp3) is 0.611. The lowest BCUT2D eigenvalue weighted by Crippen LogP contribution is -2.45. The molecule has 2 N–H and O–H groups in total. The standard InChI is InChI=1S/C18H27NO3/c1-14-7-6-8-15(13-14)22-12-5-4-11-18(21)19-16-9-2-3-10-17(16)20/h6-8,13,16-17,20H,2-5,9-12H2,1H3,(H,19,21). The summed E-state index contributed by atoms with van der Waals surface area (Å²) in [6.45, 7) is 2.67. The molecular weight excluding hydrogens is 278 g/mol. The van der Waals surface area contributed by atoms with Crippen LogP contribution >= 0.6 is 0 Å². The lowest BCUT2D eigenvalue weighted by atomic mass is 9.92. The van der Waals surface area contributed by atoms with Gasteiger partial charge in [-0.15, -0.1) is 0 Å². The normalized spacial score (nSPS) is 21.4. The van der Waals surface area contributed by atoms with Gasteiger partial charge in [-0.05, 0) is 50.3 Å². The molecule has 0 heterocycles. The van der Waals surface area contributed by atoms with Crippen molar-refractivity contribution in [1.29, 1.82) is 0 Å². The predicted molar refractivity (Wildman–Crippen MR) is 86.9 cm³/mol. The van der Waals surface area contributed by atoms with Gasteiger partial charge in [0.05, 0.1) is 18.8 Å². The summed E-state index contributed by atoms with van der Waals surface area (Å²) in [6.07, 6.45) is 5.63. The van der Waals surface area contributed by atoms with E-state index in [0.29, 0.717) is 13.0 Å². The van der Waals surface area contributed by atoms with Crippen LogP contribution < -0.4 is 10.1 Å². The molecule has 4 heteroatoms. The number of unbranched alkanes of at least 4 members (excludes halogenated alkanes) is 1. The summed E-state index contributed by atoms with van der Waals surface area (Å²) in [7, 11) is 0. The number of amides is 1. The van der Waals surface area contributed by atoms with E-state index in [4.69, 9.17) is 4.74 Å². The smallest absolute Gasteiger partial charge is 0.220 e. The summed E-state index contributed by atoms with van der Waals surface area (Å²) in [5.74, 6) is 0.927. The van der Waals surface area contributed by atoms with Gasteiger partial charge < -0.3 is 15.2 Å². The second-order valence-electron chi connectivity index (χ2n) is 6.15. The SMILES string of the molecule is Cc1cccc(OCCCCC(=O)NC2CCCCC2O)c1. The van der Waals surface area contributed by atoms with E-state index >= 15 is 0 Å². The van der Waals surface area contributed by atoms with Crippen molar-refractivity contribution in [2.24, 2.45) is 0 Å². The molecule has 1 aliphatic carbocycles. The van der Waals surface area contributed by atoms with Gasteiger partial charge in [-0.3, -0.25) is 4.79 Å². The highest BCUT2D eigenvalue weighted by Gasteiger charge is 2.23. The van der Waals surface area contributed by atoms with Crippen molar-refractivity contribution in [2.45, 2.75) is 64.0 Å². The number of aliphatic hydroxyl groups is 1. The number of aliphatic hydroxyl groups excluding tert-OH is 1. The Morgan fingerprint density at radius 2 is 2.14 bits per heavy atom. The molecule has 1 fully saturated rings. The van der Waals surface area contributed by atoms with E-state index in [0.717, 1.165) is 44.3 Å². The van der Waals surface area contributed by atoms with Gasteiger partial charge in [0.15, 0.2) is 0 Å². The van der Waals surface area contributed by atoms with E-state index < -0.39 is 0 Å². The van der Waals surface area contributed by atoms with E-state index in [2.05, 4.69) is 5.32 Å². The Balaban J connectivity index is 1.57. The van der Waals surface area contributed by atoms with Crippen LogP contribution in [-0.2, 0) is 4.79 Å². The highest BCUT2D eigenvalue weighted by Crippen LogP contribution is 2.18. The second-order valence-corrected chi connectivity index (χ2v) is 6.15. The second kappa shape index (κ2) is 8.79. The number of ether oxygens (including phenoxy) is 1. The largest absolute Gasteiger partial charge is 0.494 e. The fourth-order valence-electron chi connectivity index (χ4n) is 2.84. The third kappa shape index (κ3) is 5.68. The summed E-state index contributed by atoms with van der Waals surface area (Å²) in [5.41, 5.74) is 1.18. The van der Waals surface area contributed by atoms with Crippen molar-refractivity contribution in [2.75, 3.05) is 6.61 Å². The van der Waals surface area contributed by atoms with Gasteiger partial charge in [-0.2, -0.15) is 0 Å². The van der Waals surface area contributed by atoms with Crippen LogP contribution in [0.4, 0.5) is 0 Å². The topological polar surface area (TPSA) is 58.6 Å². The molecule has 2 atom stereocenters. The minimum absolute atomic E-state index is 0.0431. The average molecular weight is 305 g/mol. The van der Waals surface area contributed by atoms with Crippen LogP contribution in [0.3, 0.4) is 0 Å². The Kier molecular flexibility index (Phi) is 6.72. The van der Waals surface area contributed by atoms with E-state index in [1.54, 1.807) is 0 Å². The monoisotopic (exact) mass is 305 g/mol. The van der Waals surface area contributed by atoms with Crippen LogP contribution in [0.5, 0.6) is 5.75 Å². The Hall–Kier alpha value is -1.55.